The van der Waals surface area contributed by atoms with Gasteiger partial charge in [0.2, 0.25) is 0 Å². The predicted octanol–water partition coefficient (Wildman–Crippen LogP) is 3.81. The van der Waals surface area contributed by atoms with E-state index in [2.05, 4.69) is 6.07 Å². The quantitative estimate of drug-likeness (QED) is 0.759. The van der Waals surface area contributed by atoms with Gasteiger partial charge in [-0.2, -0.15) is 5.26 Å². The van der Waals surface area contributed by atoms with Crippen molar-refractivity contribution in [2.45, 2.75) is 6.61 Å². The summed E-state index contributed by atoms with van der Waals surface area (Å²) < 4.78 is 11.0. The van der Waals surface area contributed by atoms with E-state index in [0.717, 1.165) is 10.6 Å². The first-order valence-corrected chi connectivity index (χ1v) is 6.61. The Morgan fingerprint density at radius 3 is 2.60 bits per heavy atom. The van der Waals surface area contributed by atoms with Gasteiger partial charge in [0.1, 0.15) is 12.4 Å². The van der Waals surface area contributed by atoms with Gasteiger partial charge in [0.25, 0.3) is 0 Å². The molecule has 2 rings (SSSR count). The number of nitriles is 1. The van der Waals surface area contributed by atoms with Crippen molar-refractivity contribution in [2.24, 2.45) is 0 Å². The Morgan fingerprint density at radius 1 is 1.05 bits per heavy atom. The topological polar surface area (TPSA) is 42.2 Å². The summed E-state index contributed by atoms with van der Waals surface area (Å²) in [6.45, 7) is 1.46. The molecule has 0 atom stereocenters. The second kappa shape index (κ2) is 7.54. The minimum atomic E-state index is 0.447. The van der Waals surface area contributed by atoms with Crippen LogP contribution < -0.4 is 4.74 Å². The molecule has 0 N–H and O–H groups in total. The van der Waals surface area contributed by atoms with E-state index in [-0.39, 0.29) is 0 Å². The molecular weight excluding hydrogens is 274 g/mol. The van der Waals surface area contributed by atoms with E-state index in [4.69, 9.17) is 26.3 Å². The van der Waals surface area contributed by atoms with Crippen LogP contribution in [-0.4, -0.2) is 13.2 Å². The van der Waals surface area contributed by atoms with Crippen molar-refractivity contribution in [1.29, 1.82) is 5.26 Å². The molecule has 0 aliphatic heterocycles. The summed E-state index contributed by atoms with van der Waals surface area (Å²) in [5, 5.41) is 9.49. The van der Waals surface area contributed by atoms with Crippen molar-refractivity contribution in [1.82, 2.24) is 0 Å². The summed E-state index contributed by atoms with van der Waals surface area (Å²) in [5.41, 5.74) is 1.66. The average Bonchev–Trinajstić information content (AvgIpc) is 2.49. The maximum absolute atomic E-state index is 8.78. The monoisotopic (exact) mass is 287 g/mol. The van der Waals surface area contributed by atoms with Crippen molar-refractivity contribution in [3.05, 3.63) is 64.7 Å². The standard InChI is InChI=1S/C16H14ClNO2/c17-15-6-4-13(5-7-15)12-19-8-9-20-16-3-1-2-14(10-16)11-18/h1-7,10H,8-9,12H2. The molecule has 102 valence electrons. The van der Waals surface area contributed by atoms with Gasteiger partial charge in [-0.05, 0) is 35.9 Å². The maximum atomic E-state index is 8.78. The van der Waals surface area contributed by atoms with Gasteiger partial charge in [-0.3, -0.25) is 0 Å². The zero-order chi connectivity index (χ0) is 14.2. The summed E-state index contributed by atoms with van der Waals surface area (Å²) in [7, 11) is 0. The number of hydrogen-bond acceptors (Lipinski definition) is 3. The average molecular weight is 288 g/mol. The van der Waals surface area contributed by atoms with E-state index in [1.54, 1.807) is 18.2 Å². The molecule has 0 saturated heterocycles. The van der Waals surface area contributed by atoms with E-state index < -0.39 is 0 Å². The zero-order valence-electron chi connectivity index (χ0n) is 10.9. The highest BCUT2D eigenvalue weighted by Gasteiger charge is 1.97. The van der Waals surface area contributed by atoms with Gasteiger partial charge in [-0.1, -0.05) is 29.8 Å². The Labute approximate surface area is 123 Å². The first-order chi connectivity index (χ1) is 9.78. The molecule has 0 radical (unpaired) electrons. The minimum Gasteiger partial charge on any atom is -0.491 e. The molecule has 20 heavy (non-hydrogen) atoms. The van der Waals surface area contributed by atoms with E-state index in [1.165, 1.54) is 0 Å². The lowest BCUT2D eigenvalue weighted by Crippen LogP contribution is -2.06. The lowest BCUT2D eigenvalue weighted by molar-refractivity contribution is 0.0889. The van der Waals surface area contributed by atoms with Gasteiger partial charge < -0.3 is 9.47 Å². The summed E-state index contributed by atoms with van der Waals surface area (Å²) in [6.07, 6.45) is 0. The predicted molar refractivity (Wildman–Crippen MR) is 77.8 cm³/mol. The van der Waals surface area contributed by atoms with Crippen molar-refractivity contribution >= 4 is 11.6 Å². The van der Waals surface area contributed by atoms with Crippen LogP contribution in [0.15, 0.2) is 48.5 Å². The SMILES string of the molecule is N#Cc1cccc(OCCOCc2ccc(Cl)cc2)c1. The molecule has 0 aliphatic carbocycles. The van der Waals surface area contributed by atoms with Crippen molar-refractivity contribution < 1.29 is 9.47 Å². The fourth-order valence-corrected chi connectivity index (χ4v) is 1.77. The highest BCUT2D eigenvalue weighted by molar-refractivity contribution is 6.30. The van der Waals surface area contributed by atoms with Crippen LogP contribution in [0.25, 0.3) is 0 Å². The summed E-state index contributed by atoms with van der Waals surface area (Å²) in [6, 6.07) is 16.7. The Balaban J connectivity index is 1.69. The third-order valence-electron chi connectivity index (χ3n) is 2.64. The Morgan fingerprint density at radius 2 is 1.85 bits per heavy atom. The van der Waals surface area contributed by atoms with Gasteiger partial charge in [0.15, 0.2) is 0 Å². The molecule has 0 saturated carbocycles. The van der Waals surface area contributed by atoms with Crippen LogP contribution in [0.4, 0.5) is 0 Å². The van der Waals surface area contributed by atoms with E-state index in [9.17, 15) is 0 Å². The molecule has 0 heterocycles. The number of nitrogens with zero attached hydrogens (tertiary/aromatic N) is 1. The molecule has 0 bridgehead atoms. The van der Waals surface area contributed by atoms with Crippen LogP contribution in [0.5, 0.6) is 5.75 Å². The number of benzene rings is 2. The van der Waals surface area contributed by atoms with E-state index >= 15 is 0 Å². The molecule has 0 amide bonds. The molecule has 0 spiro atoms. The number of halogens is 1. The van der Waals surface area contributed by atoms with E-state index in [1.807, 2.05) is 30.3 Å². The van der Waals surface area contributed by atoms with Crippen LogP contribution >= 0.6 is 11.6 Å². The fraction of sp³-hybridized carbons (Fsp3) is 0.188. The van der Waals surface area contributed by atoms with Gasteiger partial charge in [-0.25, -0.2) is 0 Å². The molecule has 2 aromatic carbocycles. The largest absolute Gasteiger partial charge is 0.491 e. The van der Waals surface area contributed by atoms with E-state index in [0.29, 0.717) is 31.1 Å². The maximum Gasteiger partial charge on any atom is 0.120 e. The first-order valence-electron chi connectivity index (χ1n) is 6.23. The lowest BCUT2D eigenvalue weighted by Gasteiger charge is -2.07. The van der Waals surface area contributed by atoms with Crippen LogP contribution in [0.3, 0.4) is 0 Å². The van der Waals surface area contributed by atoms with Crippen LogP contribution in [-0.2, 0) is 11.3 Å². The second-order valence-electron chi connectivity index (χ2n) is 4.17. The van der Waals surface area contributed by atoms with Crippen molar-refractivity contribution in [2.75, 3.05) is 13.2 Å². The lowest BCUT2D eigenvalue weighted by atomic mass is 10.2. The summed E-state index contributed by atoms with van der Waals surface area (Å²) >= 11 is 5.80. The highest BCUT2D eigenvalue weighted by atomic mass is 35.5. The molecule has 0 fully saturated rings. The van der Waals surface area contributed by atoms with Gasteiger partial charge >= 0.3 is 0 Å². The number of hydrogen-bond donors (Lipinski definition) is 0. The van der Waals surface area contributed by atoms with Gasteiger partial charge in [0.05, 0.1) is 24.8 Å². The van der Waals surface area contributed by atoms with Crippen LogP contribution in [0, 0.1) is 11.3 Å². The molecule has 2 aromatic rings. The Bertz CT molecular complexity index is 590. The van der Waals surface area contributed by atoms with Gasteiger partial charge in [0, 0.05) is 5.02 Å². The fourth-order valence-electron chi connectivity index (χ4n) is 1.64. The molecule has 0 aromatic heterocycles. The molecular formula is C16H14ClNO2. The zero-order valence-corrected chi connectivity index (χ0v) is 11.6. The summed E-state index contributed by atoms with van der Waals surface area (Å²) in [4.78, 5) is 0. The normalized spacial score (nSPS) is 10.0. The Kier molecular flexibility index (Phi) is 5.43. The molecule has 0 unspecified atom stereocenters. The molecule has 3 nitrogen and oxygen atoms in total. The van der Waals surface area contributed by atoms with Crippen molar-refractivity contribution in [3.8, 4) is 11.8 Å². The smallest absolute Gasteiger partial charge is 0.120 e. The second-order valence-corrected chi connectivity index (χ2v) is 4.60. The van der Waals surface area contributed by atoms with Crippen LogP contribution in [0.2, 0.25) is 5.02 Å². The van der Waals surface area contributed by atoms with Crippen molar-refractivity contribution in [3.63, 3.8) is 0 Å². The third-order valence-corrected chi connectivity index (χ3v) is 2.89. The number of ether oxygens (including phenoxy) is 2. The number of rotatable bonds is 6. The van der Waals surface area contributed by atoms with Gasteiger partial charge in [-0.15, -0.1) is 0 Å². The molecule has 4 heteroatoms. The minimum absolute atomic E-state index is 0.447. The van der Waals surface area contributed by atoms with Crippen LogP contribution in [0.1, 0.15) is 11.1 Å². The highest BCUT2D eigenvalue weighted by Crippen LogP contribution is 2.13. The third kappa shape index (κ3) is 4.58. The first kappa shape index (κ1) is 14.4. The summed E-state index contributed by atoms with van der Waals surface area (Å²) in [5.74, 6) is 0.680. The molecule has 0 aliphatic rings. The Hall–Kier alpha value is -2.02.